The highest BCUT2D eigenvalue weighted by atomic mass is 127. The number of sulfone groups is 1. The minimum absolute atomic E-state index is 0. The van der Waals surface area contributed by atoms with Crippen molar-refractivity contribution in [2.24, 2.45) is 4.99 Å². The van der Waals surface area contributed by atoms with Crippen LogP contribution in [-0.2, 0) is 9.84 Å². The van der Waals surface area contributed by atoms with Crippen molar-refractivity contribution >= 4 is 39.8 Å². The molecule has 0 bridgehead atoms. The molecule has 2 rings (SSSR count). The Kier molecular flexibility index (Phi) is 10.2. The van der Waals surface area contributed by atoms with Crippen molar-refractivity contribution < 1.29 is 13.2 Å². The fourth-order valence-corrected chi connectivity index (χ4v) is 3.42. The molecule has 0 saturated carbocycles. The summed E-state index contributed by atoms with van der Waals surface area (Å²) in [6.45, 7) is 3.33. The molecule has 0 aliphatic heterocycles. The molecule has 8 heteroatoms. The van der Waals surface area contributed by atoms with Gasteiger partial charge in [0.2, 0.25) is 0 Å². The number of hydrogen-bond acceptors (Lipinski definition) is 4. The molecule has 0 unspecified atom stereocenters. The van der Waals surface area contributed by atoms with Gasteiger partial charge in [0.05, 0.1) is 17.2 Å². The number of ether oxygens (including phenoxy) is 1. The molecule has 2 N–H and O–H groups in total. The third-order valence-electron chi connectivity index (χ3n) is 3.67. The van der Waals surface area contributed by atoms with Gasteiger partial charge in [-0.25, -0.2) is 8.42 Å². The highest BCUT2D eigenvalue weighted by Gasteiger charge is 2.13. The van der Waals surface area contributed by atoms with Gasteiger partial charge in [-0.1, -0.05) is 35.9 Å². The fraction of sp³-hybridized carbons (Fsp3) is 0.316. The van der Waals surface area contributed by atoms with Crippen LogP contribution in [0.5, 0.6) is 5.75 Å². The minimum Gasteiger partial charge on any atom is -0.492 e. The zero-order valence-corrected chi connectivity index (χ0v) is 18.7. The third-order valence-corrected chi connectivity index (χ3v) is 5.41. The molecule has 27 heavy (non-hydrogen) atoms. The normalized spacial score (nSPS) is 11.4. The summed E-state index contributed by atoms with van der Waals surface area (Å²) in [6.07, 6.45) is 0. The Balaban J connectivity index is 0.00000364. The van der Waals surface area contributed by atoms with Gasteiger partial charge >= 0.3 is 0 Å². The second-order valence-electron chi connectivity index (χ2n) is 5.72. The Labute approximate surface area is 178 Å². The van der Waals surface area contributed by atoms with Crippen LogP contribution in [0.15, 0.2) is 64.5 Å². The van der Waals surface area contributed by atoms with Crippen molar-refractivity contribution in [3.8, 4) is 5.75 Å². The first kappa shape index (κ1) is 23.2. The molecule has 0 saturated heterocycles. The summed E-state index contributed by atoms with van der Waals surface area (Å²) in [7, 11) is -1.66. The molecule has 2 aromatic carbocycles. The number of guanidine groups is 1. The number of hydrogen-bond donors (Lipinski definition) is 2. The van der Waals surface area contributed by atoms with Gasteiger partial charge in [0.25, 0.3) is 0 Å². The van der Waals surface area contributed by atoms with E-state index in [1.165, 1.54) is 5.56 Å². The van der Waals surface area contributed by atoms with Gasteiger partial charge in [0, 0.05) is 13.6 Å². The van der Waals surface area contributed by atoms with Gasteiger partial charge in [-0.3, -0.25) is 4.99 Å². The smallest absolute Gasteiger partial charge is 0.191 e. The first-order valence-corrected chi connectivity index (χ1v) is 10.1. The van der Waals surface area contributed by atoms with E-state index in [1.54, 1.807) is 37.4 Å². The van der Waals surface area contributed by atoms with E-state index in [9.17, 15) is 8.42 Å². The molecule has 148 valence electrons. The summed E-state index contributed by atoms with van der Waals surface area (Å²) in [6, 6.07) is 16.3. The van der Waals surface area contributed by atoms with Gasteiger partial charge in [0.1, 0.15) is 12.4 Å². The second-order valence-corrected chi connectivity index (χ2v) is 7.83. The van der Waals surface area contributed by atoms with Crippen molar-refractivity contribution in [3.63, 3.8) is 0 Å². The summed E-state index contributed by atoms with van der Waals surface area (Å²) >= 11 is 0. The average Bonchev–Trinajstić information content (AvgIpc) is 2.65. The lowest BCUT2D eigenvalue weighted by molar-refractivity contribution is 0.322. The van der Waals surface area contributed by atoms with E-state index in [0.29, 0.717) is 24.0 Å². The molecule has 0 amide bonds. The number of nitrogens with zero attached hydrogens (tertiary/aromatic N) is 1. The van der Waals surface area contributed by atoms with Gasteiger partial charge in [-0.05, 0) is 31.2 Å². The second kappa shape index (κ2) is 11.8. The first-order valence-electron chi connectivity index (χ1n) is 8.43. The zero-order chi connectivity index (χ0) is 18.8. The molecular formula is C19H26IN3O3S. The van der Waals surface area contributed by atoms with Crippen molar-refractivity contribution in [1.82, 2.24) is 10.6 Å². The third kappa shape index (κ3) is 8.17. The monoisotopic (exact) mass is 503 g/mol. The number of rotatable bonds is 8. The van der Waals surface area contributed by atoms with E-state index < -0.39 is 9.84 Å². The predicted molar refractivity (Wildman–Crippen MR) is 120 cm³/mol. The van der Waals surface area contributed by atoms with Crippen molar-refractivity contribution in [3.05, 3.63) is 60.2 Å². The Hall–Kier alpha value is -1.81. The number of benzene rings is 2. The van der Waals surface area contributed by atoms with Gasteiger partial charge in [-0.2, -0.15) is 0 Å². The largest absolute Gasteiger partial charge is 0.492 e. The first-order chi connectivity index (χ1) is 12.5. The Morgan fingerprint density at radius 3 is 2.26 bits per heavy atom. The summed E-state index contributed by atoms with van der Waals surface area (Å²) in [5.41, 5.74) is 1.19. The highest BCUT2D eigenvalue weighted by molar-refractivity contribution is 14.0. The van der Waals surface area contributed by atoms with Gasteiger partial charge in [0.15, 0.2) is 15.8 Å². The quantitative estimate of drug-likeness (QED) is 0.251. The van der Waals surface area contributed by atoms with Crippen LogP contribution in [0.25, 0.3) is 0 Å². The van der Waals surface area contributed by atoms with Crippen LogP contribution in [0.4, 0.5) is 0 Å². The lowest BCUT2D eigenvalue weighted by Gasteiger charge is -2.13. The Morgan fingerprint density at radius 1 is 1.00 bits per heavy atom. The van der Waals surface area contributed by atoms with E-state index in [0.717, 1.165) is 5.75 Å². The maximum atomic E-state index is 12.2. The molecule has 6 nitrogen and oxygen atoms in total. The van der Waals surface area contributed by atoms with Crippen LogP contribution in [0.3, 0.4) is 0 Å². The lowest BCUT2D eigenvalue weighted by atomic mass is 10.2. The molecule has 0 aliphatic rings. The number of halogens is 1. The molecular weight excluding hydrogens is 477 g/mol. The summed E-state index contributed by atoms with van der Waals surface area (Å²) in [5.74, 6) is 1.35. The Morgan fingerprint density at radius 2 is 1.63 bits per heavy atom. The van der Waals surface area contributed by atoms with Crippen LogP contribution in [0, 0.1) is 6.92 Å². The van der Waals surface area contributed by atoms with Crippen LogP contribution in [-0.4, -0.2) is 46.9 Å². The number of nitrogens with one attached hydrogen (secondary N) is 2. The van der Waals surface area contributed by atoms with E-state index in [-0.39, 0.29) is 36.3 Å². The number of aliphatic imine (C=N–C) groups is 1. The van der Waals surface area contributed by atoms with Crippen molar-refractivity contribution in [1.29, 1.82) is 0 Å². The molecule has 0 spiro atoms. The average molecular weight is 503 g/mol. The Bertz CT molecular complexity index is 810. The molecule has 0 radical (unpaired) electrons. The van der Waals surface area contributed by atoms with Gasteiger partial charge < -0.3 is 15.4 Å². The summed E-state index contributed by atoms with van der Waals surface area (Å²) in [4.78, 5) is 4.41. The van der Waals surface area contributed by atoms with E-state index in [2.05, 4.69) is 15.6 Å². The zero-order valence-electron chi connectivity index (χ0n) is 15.5. The van der Waals surface area contributed by atoms with Crippen LogP contribution < -0.4 is 15.4 Å². The van der Waals surface area contributed by atoms with Gasteiger partial charge in [-0.15, -0.1) is 24.0 Å². The number of aryl methyl sites for hydroxylation is 1. The SMILES string of the molecule is CN=C(NCCOc1ccc(C)cc1)NCCS(=O)(=O)c1ccccc1.I. The molecule has 2 aromatic rings. The topological polar surface area (TPSA) is 79.8 Å². The van der Waals surface area contributed by atoms with Crippen molar-refractivity contribution in [2.45, 2.75) is 11.8 Å². The molecule has 0 atom stereocenters. The summed E-state index contributed by atoms with van der Waals surface area (Å²) in [5, 5.41) is 6.10. The molecule has 0 heterocycles. The van der Waals surface area contributed by atoms with Crippen molar-refractivity contribution in [2.75, 3.05) is 32.5 Å². The van der Waals surface area contributed by atoms with E-state index >= 15 is 0 Å². The molecule has 0 aromatic heterocycles. The van der Waals surface area contributed by atoms with Crippen LogP contribution in [0.2, 0.25) is 0 Å². The molecule has 0 aliphatic carbocycles. The van der Waals surface area contributed by atoms with E-state index in [1.807, 2.05) is 31.2 Å². The highest BCUT2D eigenvalue weighted by Crippen LogP contribution is 2.11. The maximum absolute atomic E-state index is 12.2. The lowest BCUT2D eigenvalue weighted by Crippen LogP contribution is -2.41. The summed E-state index contributed by atoms with van der Waals surface area (Å²) < 4.78 is 30.1. The maximum Gasteiger partial charge on any atom is 0.191 e. The minimum atomic E-state index is -3.30. The van der Waals surface area contributed by atoms with E-state index in [4.69, 9.17) is 4.74 Å². The van der Waals surface area contributed by atoms with Crippen LogP contribution >= 0.6 is 24.0 Å². The standard InChI is InChI=1S/C19H25N3O3S.HI/c1-16-8-10-17(11-9-16)25-14-12-21-19(20-2)22-13-15-26(23,24)18-6-4-3-5-7-18;/h3-11H,12-15H2,1-2H3,(H2,20,21,22);1H. The molecule has 0 fully saturated rings. The van der Waals surface area contributed by atoms with Crippen LogP contribution in [0.1, 0.15) is 5.56 Å². The predicted octanol–water partition coefficient (Wildman–Crippen LogP) is 2.63. The fourth-order valence-electron chi connectivity index (χ4n) is 2.24.